The number of thiazole rings is 1. The fraction of sp³-hybridized carbons (Fsp3) is 0.211. The fourth-order valence-corrected chi connectivity index (χ4v) is 3.73. The highest BCUT2D eigenvalue weighted by Gasteiger charge is 2.20. The number of ether oxygens (including phenoxy) is 3. The molecule has 0 radical (unpaired) electrons. The van der Waals surface area contributed by atoms with Crippen molar-refractivity contribution in [3.05, 3.63) is 46.2 Å². The zero-order valence-electron chi connectivity index (χ0n) is 15.8. The van der Waals surface area contributed by atoms with E-state index in [0.29, 0.717) is 33.7 Å². The highest BCUT2D eigenvalue weighted by atomic mass is 35.5. The number of hydrogen-bond acceptors (Lipinski definition) is 7. The van der Waals surface area contributed by atoms with Crippen LogP contribution in [0, 0.1) is 11.3 Å². The second kappa shape index (κ2) is 8.86. The summed E-state index contributed by atoms with van der Waals surface area (Å²) in [4.78, 5) is 17.3. The lowest BCUT2D eigenvalue weighted by Gasteiger charge is -2.16. The monoisotopic (exact) mass is 432 g/mol. The quantitative estimate of drug-likeness (QED) is 0.574. The zero-order valence-corrected chi connectivity index (χ0v) is 17.4. The third-order valence-corrected chi connectivity index (χ3v) is 5.12. The van der Waals surface area contributed by atoms with Crippen molar-refractivity contribution in [3.63, 3.8) is 0 Å². The summed E-state index contributed by atoms with van der Waals surface area (Å²) in [6, 6.07) is 4.36. The number of carbonyl (C=O) groups excluding carboxylic acids is 1. The van der Waals surface area contributed by atoms with Crippen molar-refractivity contribution >= 4 is 39.9 Å². The molecule has 10 heteroatoms. The molecule has 0 saturated carbocycles. The Kier molecular flexibility index (Phi) is 6.26. The Morgan fingerprint density at radius 1 is 1.31 bits per heavy atom. The third kappa shape index (κ3) is 4.13. The molecule has 8 nitrogen and oxygen atoms in total. The Labute approximate surface area is 175 Å². The number of imidazole rings is 1. The summed E-state index contributed by atoms with van der Waals surface area (Å²) in [5.41, 5.74) is 1.07. The van der Waals surface area contributed by atoms with Crippen LogP contribution in [0.2, 0.25) is 5.15 Å². The number of fused-ring (bicyclic) bond motifs is 1. The van der Waals surface area contributed by atoms with Gasteiger partial charge in [0, 0.05) is 17.7 Å². The van der Waals surface area contributed by atoms with E-state index in [2.05, 4.69) is 16.4 Å². The van der Waals surface area contributed by atoms with Crippen LogP contribution in [0.25, 0.3) is 11.0 Å². The van der Waals surface area contributed by atoms with Crippen LogP contribution in [0.15, 0.2) is 29.8 Å². The van der Waals surface area contributed by atoms with Crippen molar-refractivity contribution in [2.75, 3.05) is 21.3 Å². The van der Waals surface area contributed by atoms with Crippen LogP contribution >= 0.6 is 22.9 Å². The number of aromatic nitrogens is 2. The summed E-state index contributed by atoms with van der Waals surface area (Å²) >= 11 is 7.55. The van der Waals surface area contributed by atoms with Crippen molar-refractivity contribution < 1.29 is 19.0 Å². The Morgan fingerprint density at radius 3 is 2.59 bits per heavy atom. The first-order valence-electron chi connectivity index (χ1n) is 8.31. The summed E-state index contributed by atoms with van der Waals surface area (Å²) in [5.74, 6) is 0.707. The van der Waals surface area contributed by atoms with Gasteiger partial charge in [0.2, 0.25) is 11.7 Å². The standard InChI is InChI=1S/C19H17ClN4O4S/c1-26-14-8-11(9-15(27-2)17(14)28-3)12(10-21)22-16(25)5-4-13-18(20)23-19-24(13)6-7-29-19/h4-9,12H,1-3H3,(H,22,25)/b5-4+. The molecular weight excluding hydrogens is 416 g/mol. The van der Waals surface area contributed by atoms with Gasteiger partial charge in [0.05, 0.1) is 33.1 Å². The zero-order chi connectivity index (χ0) is 21.0. The Balaban J connectivity index is 1.83. The maximum absolute atomic E-state index is 12.4. The summed E-state index contributed by atoms with van der Waals surface area (Å²) < 4.78 is 17.6. The molecule has 1 N–H and O–H groups in total. The largest absolute Gasteiger partial charge is 0.493 e. The van der Waals surface area contributed by atoms with Gasteiger partial charge in [-0.2, -0.15) is 5.26 Å². The number of halogens is 1. The molecule has 3 rings (SSSR count). The van der Waals surface area contributed by atoms with Crippen LogP contribution in [0.1, 0.15) is 17.3 Å². The predicted molar refractivity (Wildman–Crippen MR) is 110 cm³/mol. The smallest absolute Gasteiger partial charge is 0.245 e. The van der Waals surface area contributed by atoms with E-state index in [0.717, 1.165) is 4.96 Å². The van der Waals surface area contributed by atoms with Crippen LogP contribution in [-0.4, -0.2) is 36.6 Å². The van der Waals surface area contributed by atoms with Crippen LogP contribution in [-0.2, 0) is 4.79 Å². The number of hydrogen-bond donors (Lipinski definition) is 1. The first kappa shape index (κ1) is 20.5. The third-order valence-electron chi connectivity index (χ3n) is 4.08. The van der Waals surface area contributed by atoms with Gasteiger partial charge in [-0.25, -0.2) is 4.98 Å². The van der Waals surface area contributed by atoms with Crippen molar-refractivity contribution in [2.45, 2.75) is 6.04 Å². The number of rotatable bonds is 7. The van der Waals surface area contributed by atoms with Gasteiger partial charge in [-0.15, -0.1) is 11.3 Å². The molecule has 29 heavy (non-hydrogen) atoms. The van der Waals surface area contributed by atoms with Gasteiger partial charge < -0.3 is 19.5 Å². The molecule has 3 aromatic rings. The van der Waals surface area contributed by atoms with Gasteiger partial charge >= 0.3 is 0 Å². The van der Waals surface area contributed by atoms with E-state index in [-0.39, 0.29) is 0 Å². The molecule has 1 unspecified atom stereocenters. The number of nitrogens with zero attached hydrogens (tertiary/aromatic N) is 3. The van der Waals surface area contributed by atoms with E-state index in [9.17, 15) is 10.1 Å². The summed E-state index contributed by atoms with van der Waals surface area (Å²) in [7, 11) is 4.44. The molecular formula is C19H17ClN4O4S. The summed E-state index contributed by atoms with van der Waals surface area (Å²) in [6.45, 7) is 0. The van der Waals surface area contributed by atoms with Gasteiger partial charge in [-0.1, -0.05) is 11.6 Å². The molecule has 0 aliphatic carbocycles. The maximum Gasteiger partial charge on any atom is 0.245 e. The van der Waals surface area contributed by atoms with Crippen LogP contribution in [0.3, 0.4) is 0 Å². The molecule has 1 aromatic carbocycles. The van der Waals surface area contributed by atoms with E-state index in [1.54, 1.807) is 22.6 Å². The van der Waals surface area contributed by atoms with Gasteiger partial charge in [-0.3, -0.25) is 9.20 Å². The molecule has 0 saturated heterocycles. The topological polar surface area (TPSA) is 97.9 Å². The molecule has 0 aliphatic rings. The van der Waals surface area contributed by atoms with E-state index in [1.165, 1.54) is 38.7 Å². The molecule has 1 amide bonds. The van der Waals surface area contributed by atoms with Gasteiger partial charge in [0.25, 0.3) is 0 Å². The first-order valence-corrected chi connectivity index (χ1v) is 9.57. The van der Waals surface area contributed by atoms with Gasteiger partial charge in [-0.05, 0) is 23.8 Å². The lowest BCUT2D eigenvalue weighted by Crippen LogP contribution is -2.25. The van der Waals surface area contributed by atoms with Crippen LogP contribution < -0.4 is 19.5 Å². The van der Waals surface area contributed by atoms with Crippen molar-refractivity contribution in [1.29, 1.82) is 5.26 Å². The minimum atomic E-state index is -0.928. The lowest BCUT2D eigenvalue weighted by molar-refractivity contribution is -0.116. The maximum atomic E-state index is 12.4. The van der Waals surface area contributed by atoms with E-state index >= 15 is 0 Å². The summed E-state index contributed by atoms with van der Waals surface area (Å²) in [5, 5.41) is 14.4. The number of nitriles is 1. The Hall–Kier alpha value is -3.22. The second-order valence-electron chi connectivity index (χ2n) is 5.71. The number of carbonyl (C=O) groups is 1. The molecule has 0 aliphatic heterocycles. The predicted octanol–water partition coefficient (Wildman–Crippen LogP) is 3.47. The molecule has 2 heterocycles. The summed E-state index contributed by atoms with van der Waals surface area (Å²) in [6.07, 6.45) is 4.66. The molecule has 2 aromatic heterocycles. The molecule has 1 atom stereocenters. The first-order chi connectivity index (χ1) is 14.0. The van der Waals surface area contributed by atoms with Crippen molar-refractivity contribution in [3.8, 4) is 23.3 Å². The normalized spacial score (nSPS) is 12.0. The minimum absolute atomic E-state index is 0.294. The van der Waals surface area contributed by atoms with Gasteiger partial charge in [0.1, 0.15) is 6.04 Å². The van der Waals surface area contributed by atoms with Crippen LogP contribution in [0.4, 0.5) is 0 Å². The number of methoxy groups -OCH3 is 3. The highest BCUT2D eigenvalue weighted by molar-refractivity contribution is 7.15. The average Bonchev–Trinajstić information content (AvgIpc) is 3.29. The van der Waals surface area contributed by atoms with Crippen LogP contribution in [0.5, 0.6) is 17.2 Å². The SMILES string of the molecule is COc1cc(C(C#N)NC(=O)/C=C/c2c(Cl)nc3sccn23)cc(OC)c1OC. The second-order valence-corrected chi connectivity index (χ2v) is 6.94. The molecule has 0 spiro atoms. The van der Waals surface area contributed by atoms with Crippen molar-refractivity contribution in [1.82, 2.24) is 14.7 Å². The van der Waals surface area contributed by atoms with Crippen molar-refractivity contribution in [2.24, 2.45) is 0 Å². The Morgan fingerprint density at radius 2 is 2.00 bits per heavy atom. The number of amides is 1. The van der Waals surface area contributed by atoms with E-state index < -0.39 is 11.9 Å². The molecule has 0 bridgehead atoms. The molecule has 0 fully saturated rings. The fourth-order valence-electron chi connectivity index (χ4n) is 2.73. The number of nitrogens with one attached hydrogen (secondary N) is 1. The lowest BCUT2D eigenvalue weighted by atomic mass is 10.1. The van der Waals surface area contributed by atoms with Gasteiger partial charge in [0.15, 0.2) is 21.6 Å². The van der Waals surface area contributed by atoms with E-state index in [1.807, 2.05) is 11.6 Å². The Bertz CT molecular complexity index is 1090. The highest BCUT2D eigenvalue weighted by Crippen LogP contribution is 2.39. The minimum Gasteiger partial charge on any atom is -0.493 e. The van der Waals surface area contributed by atoms with E-state index in [4.69, 9.17) is 25.8 Å². The number of benzene rings is 1. The average molecular weight is 433 g/mol. The molecule has 150 valence electrons.